The minimum atomic E-state index is -0.341. The molecule has 4 aromatic rings. The van der Waals surface area contributed by atoms with E-state index in [-0.39, 0.29) is 23.8 Å². The molecule has 0 fully saturated rings. The van der Waals surface area contributed by atoms with Crippen LogP contribution in [0.1, 0.15) is 21.9 Å². The van der Waals surface area contributed by atoms with Gasteiger partial charge in [0.05, 0.1) is 6.54 Å². The molecule has 0 aromatic carbocycles. The zero-order chi connectivity index (χ0) is 19.3. The van der Waals surface area contributed by atoms with Crippen LogP contribution in [0.5, 0.6) is 0 Å². The van der Waals surface area contributed by atoms with Gasteiger partial charge in [-0.25, -0.2) is 14.6 Å². The molecule has 9 heteroatoms. The third-order valence-electron chi connectivity index (χ3n) is 4.03. The first-order valence-electron chi connectivity index (χ1n) is 8.51. The van der Waals surface area contributed by atoms with Crippen LogP contribution in [0.25, 0.3) is 5.82 Å². The van der Waals surface area contributed by atoms with Crippen molar-refractivity contribution in [1.29, 1.82) is 0 Å². The molecule has 28 heavy (non-hydrogen) atoms. The lowest BCUT2D eigenvalue weighted by atomic mass is 10.2. The van der Waals surface area contributed by atoms with Crippen LogP contribution in [0, 0.1) is 0 Å². The molecule has 9 nitrogen and oxygen atoms in total. The van der Waals surface area contributed by atoms with E-state index in [1.807, 2.05) is 6.07 Å². The lowest BCUT2D eigenvalue weighted by Crippen LogP contribution is -2.22. The average molecular weight is 376 g/mol. The molecule has 0 bridgehead atoms. The molecule has 0 aliphatic carbocycles. The van der Waals surface area contributed by atoms with Gasteiger partial charge in [-0.3, -0.25) is 9.59 Å². The van der Waals surface area contributed by atoms with Crippen molar-refractivity contribution >= 4 is 5.91 Å². The van der Waals surface area contributed by atoms with Crippen LogP contribution >= 0.6 is 0 Å². The van der Waals surface area contributed by atoms with Crippen LogP contribution in [-0.4, -0.2) is 30.2 Å². The van der Waals surface area contributed by atoms with Gasteiger partial charge in [0, 0.05) is 25.0 Å². The summed E-state index contributed by atoms with van der Waals surface area (Å²) in [6.07, 6.45) is 6.32. The Kier molecular flexibility index (Phi) is 4.79. The molecular weight excluding hydrogens is 360 g/mol. The number of furan rings is 1. The SMILES string of the molecule is O=C(NCc1ccc(-n2cncn2)nc1)c1ccc(Cn2ccccc2=O)o1. The van der Waals surface area contributed by atoms with Gasteiger partial charge in [-0.1, -0.05) is 12.1 Å². The van der Waals surface area contributed by atoms with E-state index in [4.69, 9.17) is 4.42 Å². The van der Waals surface area contributed by atoms with Crippen molar-refractivity contribution in [3.63, 3.8) is 0 Å². The van der Waals surface area contributed by atoms with E-state index in [0.717, 1.165) is 5.56 Å². The predicted molar refractivity (Wildman–Crippen MR) is 98.8 cm³/mol. The van der Waals surface area contributed by atoms with E-state index in [1.54, 1.807) is 53.7 Å². The zero-order valence-electron chi connectivity index (χ0n) is 14.7. The molecule has 1 amide bonds. The Morgan fingerprint density at radius 2 is 2.07 bits per heavy atom. The van der Waals surface area contributed by atoms with Crippen molar-refractivity contribution in [2.45, 2.75) is 13.1 Å². The molecule has 4 rings (SSSR count). The van der Waals surface area contributed by atoms with Gasteiger partial charge in [-0.15, -0.1) is 0 Å². The molecule has 0 atom stereocenters. The van der Waals surface area contributed by atoms with Gasteiger partial charge in [0.25, 0.3) is 11.5 Å². The fourth-order valence-corrected chi connectivity index (χ4v) is 2.60. The molecule has 4 aromatic heterocycles. The Balaban J connectivity index is 1.36. The number of nitrogens with zero attached hydrogens (tertiary/aromatic N) is 5. The number of pyridine rings is 2. The van der Waals surface area contributed by atoms with Gasteiger partial charge in [-0.05, 0) is 29.8 Å². The monoisotopic (exact) mass is 376 g/mol. The molecule has 1 N–H and O–H groups in total. The van der Waals surface area contributed by atoms with Crippen LogP contribution < -0.4 is 10.9 Å². The molecule has 0 saturated carbocycles. The summed E-state index contributed by atoms with van der Waals surface area (Å²) >= 11 is 0. The molecule has 0 radical (unpaired) electrons. The summed E-state index contributed by atoms with van der Waals surface area (Å²) in [5.74, 6) is 1.01. The average Bonchev–Trinajstić information content (AvgIpc) is 3.41. The fourth-order valence-electron chi connectivity index (χ4n) is 2.60. The number of rotatable bonds is 6. The summed E-state index contributed by atoms with van der Waals surface area (Å²) in [4.78, 5) is 32.2. The van der Waals surface area contributed by atoms with E-state index in [9.17, 15) is 9.59 Å². The zero-order valence-corrected chi connectivity index (χ0v) is 14.7. The second-order valence-electron chi connectivity index (χ2n) is 5.98. The highest BCUT2D eigenvalue weighted by Crippen LogP contribution is 2.10. The van der Waals surface area contributed by atoms with Crippen molar-refractivity contribution in [3.05, 3.63) is 95.0 Å². The Labute approximate surface area is 159 Å². The van der Waals surface area contributed by atoms with Gasteiger partial charge in [0.15, 0.2) is 11.6 Å². The molecule has 0 saturated heterocycles. The lowest BCUT2D eigenvalue weighted by Gasteiger charge is -2.05. The Hall–Kier alpha value is -4.01. The third-order valence-corrected chi connectivity index (χ3v) is 4.03. The van der Waals surface area contributed by atoms with E-state index >= 15 is 0 Å². The second-order valence-corrected chi connectivity index (χ2v) is 5.98. The molecule has 0 aliphatic rings. The lowest BCUT2D eigenvalue weighted by molar-refractivity contribution is 0.0921. The number of hydrogen-bond acceptors (Lipinski definition) is 6. The number of aromatic nitrogens is 5. The van der Waals surface area contributed by atoms with Crippen LogP contribution in [0.2, 0.25) is 0 Å². The number of carbonyl (C=O) groups is 1. The van der Waals surface area contributed by atoms with Crippen molar-refractivity contribution in [2.24, 2.45) is 0 Å². The molecule has 0 spiro atoms. The molecule has 0 aliphatic heterocycles. The highest BCUT2D eigenvalue weighted by Gasteiger charge is 2.12. The van der Waals surface area contributed by atoms with Crippen LogP contribution in [0.3, 0.4) is 0 Å². The first kappa shape index (κ1) is 17.4. The first-order valence-corrected chi connectivity index (χ1v) is 8.51. The third kappa shape index (κ3) is 3.88. The molecule has 4 heterocycles. The maximum atomic E-state index is 12.3. The Morgan fingerprint density at radius 3 is 2.82 bits per heavy atom. The number of carbonyl (C=O) groups excluding carboxylic acids is 1. The van der Waals surface area contributed by atoms with Crippen molar-refractivity contribution in [2.75, 3.05) is 0 Å². The summed E-state index contributed by atoms with van der Waals surface area (Å²) in [6, 6.07) is 11.8. The summed E-state index contributed by atoms with van der Waals surface area (Å²) in [5.41, 5.74) is 0.701. The van der Waals surface area contributed by atoms with Crippen LogP contribution in [-0.2, 0) is 13.1 Å². The largest absolute Gasteiger partial charge is 0.454 e. The van der Waals surface area contributed by atoms with E-state index in [1.165, 1.54) is 17.0 Å². The van der Waals surface area contributed by atoms with Crippen molar-refractivity contribution in [3.8, 4) is 5.82 Å². The maximum Gasteiger partial charge on any atom is 0.287 e. The first-order chi connectivity index (χ1) is 13.7. The summed E-state index contributed by atoms with van der Waals surface area (Å²) in [5, 5.41) is 6.79. The quantitative estimate of drug-likeness (QED) is 0.545. The number of amides is 1. The van der Waals surface area contributed by atoms with Gasteiger partial charge >= 0.3 is 0 Å². The number of hydrogen-bond donors (Lipinski definition) is 1. The molecule has 0 unspecified atom stereocenters. The summed E-state index contributed by atoms with van der Waals surface area (Å²) in [6.45, 7) is 0.568. The minimum Gasteiger partial charge on any atom is -0.454 e. The van der Waals surface area contributed by atoms with Gasteiger partial charge < -0.3 is 14.3 Å². The Bertz CT molecular complexity index is 1130. The smallest absolute Gasteiger partial charge is 0.287 e. The minimum absolute atomic E-state index is 0.133. The normalized spacial score (nSPS) is 10.7. The highest BCUT2D eigenvalue weighted by atomic mass is 16.4. The van der Waals surface area contributed by atoms with Gasteiger partial charge in [-0.2, -0.15) is 5.10 Å². The summed E-state index contributed by atoms with van der Waals surface area (Å²) < 4.78 is 8.60. The van der Waals surface area contributed by atoms with Gasteiger partial charge in [0.2, 0.25) is 0 Å². The van der Waals surface area contributed by atoms with Crippen molar-refractivity contribution in [1.82, 2.24) is 29.6 Å². The van der Waals surface area contributed by atoms with Gasteiger partial charge in [0.1, 0.15) is 18.4 Å². The maximum absolute atomic E-state index is 12.3. The van der Waals surface area contributed by atoms with Crippen LogP contribution in [0.4, 0.5) is 0 Å². The standard InChI is InChI=1S/C19H16N6O3/c26-18-3-1-2-8-24(18)11-15-5-6-16(28-15)19(27)22-10-14-4-7-17(21-9-14)25-13-20-12-23-25/h1-9,12-13H,10-11H2,(H,22,27). The number of nitrogens with one attached hydrogen (secondary N) is 1. The van der Waals surface area contributed by atoms with Crippen LogP contribution in [0.15, 0.2) is 76.7 Å². The summed E-state index contributed by atoms with van der Waals surface area (Å²) in [7, 11) is 0. The van der Waals surface area contributed by atoms with E-state index in [0.29, 0.717) is 18.1 Å². The predicted octanol–water partition coefficient (Wildman–Crippen LogP) is 1.40. The second kappa shape index (κ2) is 7.70. The molecule has 140 valence electrons. The van der Waals surface area contributed by atoms with E-state index < -0.39 is 0 Å². The fraction of sp³-hybridized carbons (Fsp3) is 0.105. The van der Waals surface area contributed by atoms with E-state index in [2.05, 4.69) is 20.4 Å². The Morgan fingerprint density at radius 1 is 1.14 bits per heavy atom. The molecular formula is C19H16N6O3. The highest BCUT2D eigenvalue weighted by molar-refractivity contribution is 5.91. The topological polar surface area (TPSA) is 108 Å². The van der Waals surface area contributed by atoms with Crippen molar-refractivity contribution < 1.29 is 9.21 Å².